The fourth-order valence-electron chi connectivity index (χ4n) is 3.60. The number of aromatic nitrogens is 2. The van der Waals surface area contributed by atoms with Gasteiger partial charge in [-0.3, -0.25) is 4.79 Å². The summed E-state index contributed by atoms with van der Waals surface area (Å²) in [5.74, 6) is 1.37. The Hall–Kier alpha value is -3.15. The van der Waals surface area contributed by atoms with Crippen molar-refractivity contribution >= 4 is 34.7 Å². The van der Waals surface area contributed by atoms with Gasteiger partial charge >= 0.3 is 0 Å². The molecule has 3 heterocycles. The first-order chi connectivity index (χ1) is 15.5. The van der Waals surface area contributed by atoms with Crippen molar-refractivity contribution < 1.29 is 9.53 Å². The van der Waals surface area contributed by atoms with E-state index >= 15 is 0 Å². The van der Waals surface area contributed by atoms with E-state index in [2.05, 4.69) is 20.9 Å². The van der Waals surface area contributed by atoms with Crippen LogP contribution in [0.1, 0.15) is 32.4 Å². The maximum absolute atomic E-state index is 13.2. The average molecular weight is 468 g/mol. The van der Waals surface area contributed by atoms with Gasteiger partial charge in [-0.25, -0.2) is 9.97 Å². The highest BCUT2D eigenvalue weighted by Crippen LogP contribution is 2.24. The Bertz CT molecular complexity index is 1140. The molecule has 9 heteroatoms. The summed E-state index contributed by atoms with van der Waals surface area (Å²) < 4.78 is 5.77. The van der Waals surface area contributed by atoms with Crippen LogP contribution < -0.4 is 9.64 Å². The molecule has 0 atom stereocenters. The van der Waals surface area contributed by atoms with E-state index in [1.54, 1.807) is 42.6 Å². The Balaban J connectivity index is 1.41. The van der Waals surface area contributed by atoms with Gasteiger partial charge in [0.2, 0.25) is 0 Å². The highest BCUT2D eigenvalue weighted by Gasteiger charge is 2.25. The Labute approximate surface area is 195 Å². The summed E-state index contributed by atoms with van der Waals surface area (Å²) in [5.41, 5.74) is 1.27. The fourth-order valence-corrected chi connectivity index (χ4v) is 4.67. The summed E-state index contributed by atoms with van der Waals surface area (Å²) in [4.78, 5) is 26.7. The van der Waals surface area contributed by atoms with Crippen molar-refractivity contribution in [2.45, 2.75) is 20.0 Å². The lowest BCUT2D eigenvalue weighted by atomic mass is 10.2. The molecule has 7 nitrogen and oxygen atoms in total. The number of halogens is 1. The number of rotatable bonds is 5. The number of carbonyl (C=O) groups excluding carboxylic acids is 1. The largest absolute Gasteiger partial charge is 0.486 e. The molecule has 3 aromatic rings. The van der Waals surface area contributed by atoms with Crippen molar-refractivity contribution in [2.75, 3.05) is 31.1 Å². The van der Waals surface area contributed by atoms with E-state index in [0.29, 0.717) is 59.0 Å². The number of anilines is 1. The van der Waals surface area contributed by atoms with Gasteiger partial charge < -0.3 is 14.5 Å². The van der Waals surface area contributed by atoms with Crippen LogP contribution in [0.3, 0.4) is 0 Å². The van der Waals surface area contributed by atoms with Crippen LogP contribution in [0.4, 0.5) is 5.82 Å². The first-order valence-corrected chi connectivity index (χ1v) is 11.5. The molecular weight excluding hydrogens is 446 g/mol. The third-order valence-corrected chi connectivity index (χ3v) is 6.57. The number of hydrogen-bond donors (Lipinski definition) is 0. The second-order valence-electron chi connectivity index (χ2n) is 7.38. The van der Waals surface area contributed by atoms with E-state index in [1.807, 2.05) is 11.8 Å². The molecule has 0 N–H and O–H groups in total. The van der Waals surface area contributed by atoms with Crippen LogP contribution in [0, 0.1) is 18.3 Å². The van der Waals surface area contributed by atoms with Crippen LogP contribution >= 0.6 is 22.9 Å². The molecule has 1 amide bonds. The van der Waals surface area contributed by atoms with Crippen LogP contribution in [0.15, 0.2) is 42.6 Å². The number of aryl methyl sites for hydroxylation is 1. The summed E-state index contributed by atoms with van der Waals surface area (Å²) in [6.45, 7) is 4.74. The van der Waals surface area contributed by atoms with Crippen molar-refractivity contribution in [3.8, 4) is 11.8 Å². The predicted octanol–water partition coefficient (Wildman–Crippen LogP) is 4.30. The molecule has 1 aliphatic heterocycles. The summed E-state index contributed by atoms with van der Waals surface area (Å²) >= 11 is 7.27. The molecule has 1 aliphatic rings. The molecule has 0 radical (unpaired) electrons. The lowest BCUT2D eigenvalue weighted by Gasteiger charge is -2.23. The van der Waals surface area contributed by atoms with Crippen molar-refractivity contribution in [3.05, 3.63) is 68.8 Å². The predicted molar refractivity (Wildman–Crippen MR) is 124 cm³/mol. The SMILES string of the molecule is Cc1nc(COc2ccc(Cl)cc2)sc1C(=O)N1CCCN(c2ncccc2C#N)CC1. The van der Waals surface area contributed by atoms with Crippen LogP contribution in [-0.4, -0.2) is 47.0 Å². The third-order valence-electron chi connectivity index (χ3n) is 5.20. The van der Waals surface area contributed by atoms with Gasteiger partial charge in [0.25, 0.3) is 5.91 Å². The van der Waals surface area contributed by atoms with Gasteiger partial charge in [-0.2, -0.15) is 5.26 Å². The summed E-state index contributed by atoms with van der Waals surface area (Å²) in [6.07, 6.45) is 2.50. The van der Waals surface area contributed by atoms with E-state index in [0.717, 1.165) is 18.0 Å². The summed E-state index contributed by atoms with van der Waals surface area (Å²) in [5, 5.41) is 10.8. The first-order valence-electron chi connectivity index (χ1n) is 10.3. The smallest absolute Gasteiger partial charge is 0.265 e. The van der Waals surface area contributed by atoms with E-state index in [-0.39, 0.29) is 5.91 Å². The number of benzene rings is 1. The van der Waals surface area contributed by atoms with Crippen LogP contribution in [0.5, 0.6) is 5.75 Å². The zero-order valence-electron chi connectivity index (χ0n) is 17.6. The number of nitrogens with zero attached hydrogens (tertiary/aromatic N) is 5. The molecule has 32 heavy (non-hydrogen) atoms. The molecule has 0 saturated carbocycles. The highest BCUT2D eigenvalue weighted by atomic mass is 35.5. The second-order valence-corrected chi connectivity index (χ2v) is 8.90. The highest BCUT2D eigenvalue weighted by molar-refractivity contribution is 7.13. The van der Waals surface area contributed by atoms with Gasteiger partial charge in [0.1, 0.15) is 34.1 Å². The molecule has 164 valence electrons. The van der Waals surface area contributed by atoms with E-state index in [9.17, 15) is 10.1 Å². The molecule has 0 spiro atoms. The van der Waals surface area contributed by atoms with E-state index in [4.69, 9.17) is 16.3 Å². The number of amides is 1. The number of nitriles is 1. The van der Waals surface area contributed by atoms with Crippen molar-refractivity contribution in [2.24, 2.45) is 0 Å². The van der Waals surface area contributed by atoms with Gasteiger partial charge in [0, 0.05) is 37.4 Å². The maximum atomic E-state index is 13.2. The van der Waals surface area contributed by atoms with Crippen molar-refractivity contribution in [1.82, 2.24) is 14.9 Å². The molecule has 0 aliphatic carbocycles. The van der Waals surface area contributed by atoms with E-state index < -0.39 is 0 Å². The zero-order chi connectivity index (χ0) is 22.5. The Morgan fingerprint density at radius 2 is 2.03 bits per heavy atom. The summed E-state index contributed by atoms with van der Waals surface area (Å²) in [6, 6.07) is 12.9. The van der Waals surface area contributed by atoms with Crippen LogP contribution in [0.2, 0.25) is 5.02 Å². The molecular formula is C23H22ClN5O2S. The van der Waals surface area contributed by atoms with Gasteiger partial charge in [0.15, 0.2) is 0 Å². The first kappa shape index (κ1) is 22.1. The molecule has 1 fully saturated rings. The monoisotopic (exact) mass is 467 g/mol. The van der Waals surface area contributed by atoms with Crippen LogP contribution in [0.25, 0.3) is 0 Å². The lowest BCUT2D eigenvalue weighted by molar-refractivity contribution is 0.0771. The standard InChI is InChI=1S/C23H22ClN5O2S/c1-16-21(32-20(27-16)15-31-19-7-5-18(24)6-8-19)23(30)29-11-3-10-28(12-13-29)22-17(14-25)4-2-9-26-22/h2,4-9H,3,10-13,15H2,1H3. The molecule has 2 aromatic heterocycles. The fraction of sp³-hybridized carbons (Fsp3) is 0.304. The lowest BCUT2D eigenvalue weighted by Crippen LogP contribution is -2.35. The molecule has 1 aromatic carbocycles. The minimum absolute atomic E-state index is 0.0129. The number of hydrogen-bond acceptors (Lipinski definition) is 7. The number of pyridine rings is 1. The van der Waals surface area contributed by atoms with Crippen molar-refractivity contribution in [3.63, 3.8) is 0 Å². The maximum Gasteiger partial charge on any atom is 0.265 e. The topological polar surface area (TPSA) is 82.3 Å². The normalized spacial score (nSPS) is 14.0. The summed E-state index contributed by atoms with van der Waals surface area (Å²) in [7, 11) is 0. The van der Waals surface area contributed by atoms with Crippen LogP contribution in [-0.2, 0) is 6.61 Å². The zero-order valence-corrected chi connectivity index (χ0v) is 19.2. The van der Waals surface area contributed by atoms with E-state index in [1.165, 1.54) is 11.3 Å². The second kappa shape index (κ2) is 9.98. The quantitative estimate of drug-likeness (QED) is 0.556. The molecule has 0 bridgehead atoms. The number of carbonyl (C=O) groups is 1. The van der Waals surface area contributed by atoms with Gasteiger partial charge in [0.05, 0.1) is 11.3 Å². The number of thiazole rings is 1. The Morgan fingerprint density at radius 3 is 2.81 bits per heavy atom. The molecule has 1 saturated heterocycles. The van der Waals surface area contributed by atoms with Gasteiger partial charge in [-0.05, 0) is 49.7 Å². The van der Waals surface area contributed by atoms with Gasteiger partial charge in [-0.1, -0.05) is 11.6 Å². The molecule has 4 rings (SSSR count). The third kappa shape index (κ3) is 5.01. The Morgan fingerprint density at radius 1 is 1.22 bits per heavy atom. The van der Waals surface area contributed by atoms with Gasteiger partial charge in [-0.15, -0.1) is 11.3 Å². The number of ether oxygens (including phenoxy) is 1. The minimum Gasteiger partial charge on any atom is -0.486 e. The average Bonchev–Trinajstić information content (AvgIpc) is 3.02. The molecule has 0 unspecified atom stereocenters. The minimum atomic E-state index is -0.0129. The van der Waals surface area contributed by atoms with Crippen molar-refractivity contribution in [1.29, 1.82) is 5.26 Å². The Kier molecular flexibility index (Phi) is 6.88.